The van der Waals surface area contributed by atoms with Crippen LogP contribution in [0, 0.1) is 0 Å². The van der Waals surface area contributed by atoms with Crippen LogP contribution in [0.15, 0.2) is 53.4 Å². The van der Waals surface area contributed by atoms with E-state index >= 15 is 0 Å². The van der Waals surface area contributed by atoms with Crippen molar-refractivity contribution >= 4 is 15.5 Å². The first-order chi connectivity index (χ1) is 9.70. The number of nitrogen functional groups attached to an aromatic ring is 1. The molecule has 2 aromatic rings. The fraction of sp³-hybridized carbons (Fsp3) is 0.143. The largest absolute Gasteiger partial charge is 0.416 e. The van der Waals surface area contributed by atoms with Gasteiger partial charge in [0.05, 0.1) is 21.9 Å². The maximum absolute atomic E-state index is 12.4. The second kappa shape index (κ2) is 5.40. The minimum Gasteiger partial charge on any atom is -0.398 e. The third kappa shape index (κ3) is 3.55. The minimum absolute atomic E-state index is 0.0232. The number of nitrogens with two attached hydrogens (primary N) is 1. The molecule has 2 aromatic carbocycles. The van der Waals surface area contributed by atoms with E-state index in [1.165, 1.54) is 18.2 Å². The van der Waals surface area contributed by atoms with Crippen molar-refractivity contribution in [3.05, 3.63) is 59.7 Å². The van der Waals surface area contributed by atoms with Gasteiger partial charge in [-0.15, -0.1) is 0 Å². The quantitative estimate of drug-likeness (QED) is 0.884. The molecule has 0 unspecified atom stereocenters. The summed E-state index contributed by atoms with van der Waals surface area (Å²) in [6.07, 6.45) is -4.44. The number of para-hydroxylation sites is 1. The van der Waals surface area contributed by atoms with Gasteiger partial charge in [-0.3, -0.25) is 0 Å². The first-order valence-electron chi connectivity index (χ1n) is 5.93. The van der Waals surface area contributed by atoms with E-state index in [9.17, 15) is 21.6 Å². The smallest absolute Gasteiger partial charge is 0.398 e. The fourth-order valence-corrected chi connectivity index (χ4v) is 3.35. The van der Waals surface area contributed by atoms with E-state index in [2.05, 4.69) is 0 Å². The molecule has 0 aliphatic heterocycles. The summed E-state index contributed by atoms with van der Waals surface area (Å²) in [6.45, 7) is 0. The van der Waals surface area contributed by atoms with Crippen LogP contribution < -0.4 is 5.73 Å². The Hall–Kier alpha value is -2.02. The maximum atomic E-state index is 12.4. The molecule has 0 heterocycles. The van der Waals surface area contributed by atoms with E-state index in [1.54, 1.807) is 6.07 Å². The van der Waals surface area contributed by atoms with E-state index in [1.807, 2.05) is 0 Å². The number of hydrogen-bond donors (Lipinski definition) is 1. The standard InChI is InChI=1S/C14H12F3NO2S/c15-14(16,17)11-7-5-10(6-8-11)9-21(19,20)13-4-2-1-3-12(13)18/h1-8H,9,18H2. The Morgan fingerprint density at radius 2 is 1.52 bits per heavy atom. The summed E-state index contributed by atoms with van der Waals surface area (Å²) in [5, 5.41) is 0. The Balaban J connectivity index is 2.28. The molecule has 2 rings (SSSR count). The van der Waals surface area contributed by atoms with Crippen LogP contribution in [-0.2, 0) is 21.8 Å². The topological polar surface area (TPSA) is 60.2 Å². The van der Waals surface area contributed by atoms with Crippen LogP contribution in [0.2, 0.25) is 0 Å². The van der Waals surface area contributed by atoms with Crippen molar-refractivity contribution in [2.75, 3.05) is 5.73 Å². The third-order valence-electron chi connectivity index (χ3n) is 2.89. The lowest BCUT2D eigenvalue weighted by Gasteiger charge is -2.09. The monoisotopic (exact) mass is 315 g/mol. The van der Waals surface area contributed by atoms with Crippen molar-refractivity contribution in [1.29, 1.82) is 0 Å². The van der Waals surface area contributed by atoms with Crippen molar-refractivity contribution in [3.63, 3.8) is 0 Å². The van der Waals surface area contributed by atoms with Gasteiger partial charge in [0.2, 0.25) is 0 Å². The number of anilines is 1. The zero-order chi connectivity index (χ0) is 15.7. The summed E-state index contributed by atoms with van der Waals surface area (Å²) in [4.78, 5) is -0.0232. The SMILES string of the molecule is Nc1ccccc1S(=O)(=O)Cc1ccc(C(F)(F)F)cc1. The second-order valence-corrected chi connectivity index (χ2v) is 6.45. The molecule has 0 fully saturated rings. The van der Waals surface area contributed by atoms with E-state index in [0.29, 0.717) is 0 Å². The van der Waals surface area contributed by atoms with Crippen LogP contribution in [0.25, 0.3) is 0 Å². The van der Waals surface area contributed by atoms with Gasteiger partial charge in [-0.05, 0) is 29.8 Å². The molecule has 21 heavy (non-hydrogen) atoms. The molecule has 3 nitrogen and oxygen atoms in total. The van der Waals surface area contributed by atoms with Crippen LogP contribution >= 0.6 is 0 Å². The number of hydrogen-bond acceptors (Lipinski definition) is 3. The van der Waals surface area contributed by atoms with Crippen LogP contribution in [0.5, 0.6) is 0 Å². The lowest BCUT2D eigenvalue weighted by atomic mass is 10.1. The van der Waals surface area contributed by atoms with E-state index in [-0.39, 0.29) is 16.1 Å². The fourth-order valence-electron chi connectivity index (χ4n) is 1.85. The molecule has 0 aromatic heterocycles. The molecule has 0 saturated carbocycles. The van der Waals surface area contributed by atoms with Gasteiger partial charge in [-0.2, -0.15) is 13.2 Å². The van der Waals surface area contributed by atoms with Gasteiger partial charge >= 0.3 is 6.18 Å². The molecule has 0 spiro atoms. The summed E-state index contributed by atoms with van der Waals surface area (Å²) in [5.74, 6) is -0.403. The maximum Gasteiger partial charge on any atom is 0.416 e. The van der Waals surface area contributed by atoms with Crippen LogP contribution in [0.1, 0.15) is 11.1 Å². The van der Waals surface area contributed by atoms with E-state index in [4.69, 9.17) is 5.73 Å². The second-order valence-electron chi connectivity index (χ2n) is 4.49. The Bertz CT molecular complexity index is 738. The van der Waals surface area contributed by atoms with Crippen LogP contribution in [-0.4, -0.2) is 8.42 Å². The average molecular weight is 315 g/mol. The predicted octanol–water partition coefficient (Wildman–Crippen LogP) is 3.26. The first-order valence-corrected chi connectivity index (χ1v) is 7.59. The predicted molar refractivity (Wildman–Crippen MR) is 73.2 cm³/mol. The summed E-state index contributed by atoms with van der Waals surface area (Å²) in [7, 11) is -3.70. The summed E-state index contributed by atoms with van der Waals surface area (Å²) in [6, 6.07) is 9.99. The molecule has 0 aliphatic rings. The number of sulfone groups is 1. The molecule has 112 valence electrons. The van der Waals surface area contributed by atoms with E-state index in [0.717, 1.165) is 24.3 Å². The molecule has 0 saturated heterocycles. The molecule has 0 atom stereocenters. The van der Waals surface area contributed by atoms with Crippen LogP contribution in [0.4, 0.5) is 18.9 Å². The number of rotatable bonds is 3. The lowest BCUT2D eigenvalue weighted by molar-refractivity contribution is -0.137. The Morgan fingerprint density at radius 1 is 0.952 bits per heavy atom. The van der Waals surface area contributed by atoms with Gasteiger partial charge in [-0.25, -0.2) is 8.42 Å². The van der Waals surface area contributed by atoms with Gasteiger partial charge < -0.3 is 5.73 Å². The van der Waals surface area contributed by atoms with Gasteiger partial charge in [0.25, 0.3) is 0 Å². The first kappa shape index (κ1) is 15.4. The molecule has 0 amide bonds. The van der Waals surface area contributed by atoms with Gasteiger partial charge in [-0.1, -0.05) is 24.3 Å². The summed E-state index contributed by atoms with van der Waals surface area (Å²) in [5.41, 5.74) is 5.18. The Labute approximate surface area is 120 Å². The highest BCUT2D eigenvalue weighted by molar-refractivity contribution is 7.90. The third-order valence-corrected chi connectivity index (χ3v) is 4.65. The molecular formula is C14H12F3NO2S. The molecule has 2 N–H and O–H groups in total. The number of alkyl halides is 3. The molecular weight excluding hydrogens is 303 g/mol. The summed E-state index contributed by atoms with van der Waals surface area (Å²) >= 11 is 0. The van der Waals surface area contributed by atoms with Gasteiger partial charge in [0.1, 0.15) is 0 Å². The van der Waals surface area contributed by atoms with Crippen molar-refractivity contribution in [2.24, 2.45) is 0 Å². The summed E-state index contributed by atoms with van der Waals surface area (Å²) < 4.78 is 61.7. The highest BCUT2D eigenvalue weighted by Gasteiger charge is 2.30. The van der Waals surface area contributed by atoms with Crippen molar-refractivity contribution in [3.8, 4) is 0 Å². The lowest BCUT2D eigenvalue weighted by Crippen LogP contribution is -2.09. The molecule has 0 bridgehead atoms. The Kier molecular flexibility index (Phi) is 3.95. The number of benzene rings is 2. The van der Waals surface area contributed by atoms with Crippen molar-refractivity contribution in [1.82, 2.24) is 0 Å². The average Bonchev–Trinajstić information content (AvgIpc) is 2.38. The van der Waals surface area contributed by atoms with Crippen molar-refractivity contribution in [2.45, 2.75) is 16.8 Å². The number of halogens is 3. The molecule has 0 radical (unpaired) electrons. The molecule has 0 aliphatic carbocycles. The highest BCUT2D eigenvalue weighted by Crippen LogP contribution is 2.30. The minimum atomic E-state index is -4.44. The zero-order valence-electron chi connectivity index (χ0n) is 10.8. The van der Waals surface area contributed by atoms with Crippen LogP contribution in [0.3, 0.4) is 0 Å². The van der Waals surface area contributed by atoms with Gasteiger partial charge in [0.15, 0.2) is 9.84 Å². The highest BCUT2D eigenvalue weighted by atomic mass is 32.2. The Morgan fingerprint density at radius 3 is 2.05 bits per heavy atom. The normalized spacial score (nSPS) is 12.3. The molecule has 7 heteroatoms. The van der Waals surface area contributed by atoms with Crippen molar-refractivity contribution < 1.29 is 21.6 Å². The van der Waals surface area contributed by atoms with E-state index < -0.39 is 27.3 Å². The van der Waals surface area contributed by atoms with Gasteiger partial charge in [0, 0.05) is 0 Å². The zero-order valence-corrected chi connectivity index (χ0v) is 11.6.